The molecular weight excluding hydrogens is 298 g/mol. The second-order valence-electron chi connectivity index (χ2n) is 4.90. The number of alkyl halides is 3. The molecule has 1 aliphatic rings. The minimum absolute atomic E-state index is 0.105. The first-order valence-electron chi connectivity index (χ1n) is 6.14. The van der Waals surface area contributed by atoms with Crippen molar-refractivity contribution in [2.45, 2.75) is 37.9 Å². The summed E-state index contributed by atoms with van der Waals surface area (Å²) in [6.45, 7) is 0. The van der Waals surface area contributed by atoms with Gasteiger partial charge in [0.1, 0.15) is 0 Å². The van der Waals surface area contributed by atoms with Crippen molar-refractivity contribution in [3.8, 4) is 0 Å². The maximum absolute atomic E-state index is 12.7. The zero-order chi connectivity index (χ0) is 14.0. The van der Waals surface area contributed by atoms with Gasteiger partial charge in [0.15, 0.2) is 0 Å². The Bertz CT molecular complexity index is 428. The highest BCUT2D eigenvalue weighted by atomic mass is 35.5. The summed E-state index contributed by atoms with van der Waals surface area (Å²) in [6.07, 6.45) is -2.47. The van der Waals surface area contributed by atoms with Gasteiger partial charge in [-0.3, -0.25) is 0 Å². The largest absolute Gasteiger partial charge is 0.391 e. The summed E-state index contributed by atoms with van der Waals surface area (Å²) < 4.78 is 38.1. The molecule has 0 bridgehead atoms. The van der Waals surface area contributed by atoms with Gasteiger partial charge in [0, 0.05) is 21.8 Å². The second kappa shape index (κ2) is 5.80. The van der Waals surface area contributed by atoms with E-state index in [1.165, 1.54) is 0 Å². The Balaban J connectivity index is 2.02. The molecule has 1 aliphatic carbocycles. The maximum Gasteiger partial charge on any atom is 0.391 e. The third kappa shape index (κ3) is 4.18. The van der Waals surface area contributed by atoms with Crippen LogP contribution in [0.2, 0.25) is 10.0 Å². The van der Waals surface area contributed by atoms with Crippen molar-refractivity contribution in [3.05, 3.63) is 28.2 Å². The van der Waals surface area contributed by atoms with Crippen molar-refractivity contribution in [2.24, 2.45) is 5.92 Å². The first-order valence-corrected chi connectivity index (χ1v) is 6.89. The molecular formula is C13H14Cl2F3N. The van der Waals surface area contributed by atoms with Crippen LogP contribution >= 0.6 is 23.2 Å². The lowest BCUT2D eigenvalue weighted by Gasteiger charge is -2.31. The molecule has 106 valence electrons. The van der Waals surface area contributed by atoms with Crippen molar-refractivity contribution >= 4 is 28.9 Å². The Morgan fingerprint density at radius 3 is 2.26 bits per heavy atom. The average molecular weight is 312 g/mol. The fourth-order valence-corrected chi connectivity index (χ4v) is 3.02. The molecule has 1 saturated carbocycles. The molecule has 1 fully saturated rings. The molecule has 2 rings (SSSR count). The predicted octanol–water partition coefficient (Wildman–Crippen LogP) is 5.53. The third-order valence-electron chi connectivity index (χ3n) is 3.37. The second-order valence-corrected chi connectivity index (χ2v) is 5.78. The molecule has 2 atom stereocenters. The lowest BCUT2D eigenvalue weighted by molar-refractivity contribution is -0.182. The highest BCUT2D eigenvalue weighted by Gasteiger charge is 2.42. The van der Waals surface area contributed by atoms with E-state index in [9.17, 15) is 13.2 Å². The van der Waals surface area contributed by atoms with Crippen LogP contribution in [0.15, 0.2) is 18.2 Å². The molecule has 6 heteroatoms. The number of halogens is 5. The van der Waals surface area contributed by atoms with Gasteiger partial charge in [0.2, 0.25) is 0 Å². The van der Waals surface area contributed by atoms with E-state index in [0.29, 0.717) is 22.2 Å². The predicted molar refractivity (Wildman–Crippen MR) is 71.9 cm³/mol. The van der Waals surface area contributed by atoms with Gasteiger partial charge >= 0.3 is 6.18 Å². The van der Waals surface area contributed by atoms with Crippen LogP contribution in [0.25, 0.3) is 0 Å². The number of anilines is 1. The summed E-state index contributed by atoms with van der Waals surface area (Å²) >= 11 is 11.7. The quantitative estimate of drug-likeness (QED) is 0.757. The number of benzene rings is 1. The van der Waals surface area contributed by atoms with Gasteiger partial charge in [-0.05, 0) is 37.5 Å². The molecule has 0 aromatic heterocycles. The summed E-state index contributed by atoms with van der Waals surface area (Å²) in [4.78, 5) is 0. The molecule has 2 unspecified atom stereocenters. The van der Waals surface area contributed by atoms with Gasteiger partial charge in [0.05, 0.1) is 5.92 Å². The van der Waals surface area contributed by atoms with E-state index in [1.54, 1.807) is 18.2 Å². The zero-order valence-electron chi connectivity index (χ0n) is 10.1. The lowest BCUT2D eigenvalue weighted by Crippen LogP contribution is -2.34. The Hall–Kier alpha value is -0.610. The van der Waals surface area contributed by atoms with Crippen LogP contribution in [0.3, 0.4) is 0 Å². The van der Waals surface area contributed by atoms with Crippen molar-refractivity contribution in [2.75, 3.05) is 5.32 Å². The van der Waals surface area contributed by atoms with Gasteiger partial charge in [-0.1, -0.05) is 29.6 Å². The van der Waals surface area contributed by atoms with Crippen molar-refractivity contribution in [3.63, 3.8) is 0 Å². The highest BCUT2D eigenvalue weighted by molar-refractivity contribution is 6.35. The van der Waals surface area contributed by atoms with E-state index in [4.69, 9.17) is 23.2 Å². The number of hydrogen-bond acceptors (Lipinski definition) is 1. The average Bonchev–Trinajstić information content (AvgIpc) is 2.26. The summed E-state index contributed by atoms with van der Waals surface area (Å²) in [6, 6.07) is 4.75. The van der Waals surface area contributed by atoms with Crippen molar-refractivity contribution < 1.29 is 13.2 Å². The van der Waals surface area contributed by atoms with Crippen LogP contribution in [0, 0.1) is 5.92 Å². The molecule has 1 nitrogen and oxygen atoms in total. The molecule has 19 heavy (non-hydrogen) atoms. The highest BCUT2D eigenvalue weighted by Crippen LogP contribution is 2.38. The Morgan fingerprint density at radius 2 is 1.68 bits per heavy atom. The van der Waals surface area contributed by atoms with E-state index in [2.05, 4.69) is 5.32 Å². The first-order chi connectivity index (χ1) is 8.84. The minimum Gasteiger partial charge on any atom is -0.382 e. The molecule has 0 spiro atoms. The van der Waals surface area contributed by atoms with Gasteiger partial charge in [-0.15, -0.1) is 0 Å². The molecule has 0 saturated heterocycles. The molecule has 0 aliphatic heterocycles. The van der Waals surface area contributed by atoms with Gasteiger partial charge in [-0.2, -0.15) is 13.2 Å². The van der Waals surface area contributed by atoms with Crippen LogP contribution in [0.4, 0.5) is 18.9 Å². The van der Waals surface area contributed by atoms with E-state index in [0.717, 1.165) is 6.42 Å². The van der Waals surface area contributed by atoms with Gasteiger partial charge in [-0.25, -0.2) is 0 Å². The molecule has 1 aromatic carbocycles. The van der Waals surface area contributed by atoms with Gasteiger partial charge in [0.25, 0.3) is 0 Å². The normalized spacial score (nSPS) is 24.3. The topological polar surface area (TPSA) is 12.0 Å². The van der Waals surface area contributed by atoms with Crippen LogP contribution in [0.5, 0.6) is 0 Å². The Labute approximate surface area is 120 Å². The van der Waals surface area contributed by atoms with Gasteiger partial charge < -0.3 is 5.32 Å². The number of nitrogens with one attached hydrogen (secondary N) is 1. The fourth-order valence-electron chi connectivity index (χ4n) is 2.49. The van der Waals surface area contributed by atoms with Crippen LogP contribution in [-0.2, 0) is 0 Å². The summed E-state index contributed by atoms with van der Waals surface area (Å²) in [5, 5.41) is 4.04. The third-order valence-corrected chi connectivity index (χ3v) is 3.81. The number of rotatable bonds is 2. The fraction of sp³-hybridized carbons (Fsp3) is 0.538. The van der Waals surface area contributed by atoms with Crippen molar-refractivity contribution in [1.29, 1.82) is 0 Å². The van der Waals surface area contributed by atoms with Crippen LogP contribution in [0.1, 0.15) is 25.7 Å². The standard InChI is InChI=1S/C13H14Cl2F3N/c14-9-5-10(15)7-12(6-9)19-11-3-1-2-8(4-11)13(16,17)18/h5-8,11,19H,1-4H2. The molecule has 0 heterocycles. The smallest absolute Gasteiger partial charge is 0.382 e. The minimum atomic E-state index is -4.10. The summed E-state index contributed by atoms with van der Waals surface area (Å²) in [7, 11) is 0. The monoisotopic (exact) mass is 311 g/mol. The first kappa shape index (κ1) is 14.8. The zero-order valence-corrected chi connectivity index (χ0v) is 11.6. The Morgan fingerprint density at radius 1 is 1.05 bits per heavy atom. The molecule has 0 amide bonds. The Kier molecular flexibility index (Phi) is 4.51. The molecule has 1 aromatic rings. The van der Waals surface area contributed by atoms with E-state index >= 15 is 0 Å². The van der Waals surface area contributed by atoms with Crippen molar-refractivity contribution in [1.82, 2.24) is 0 Å². The van der Waals surface area contributed by atoms with Crippen LogP contribution in [-0.4, -0.2) is 12.2 Å². The molecule has 0 radical (unpaired) electrons. The molecule has 1 N–H and O–H groups in total. The maximum atomic E-state index is 12.7. The van der Waals surface area contributed by atoms with E-state index in [1.807, 2.05) is 0 Å². The number of hydrogen-bond donors (Lipinski definition) is 1. The summed E-state index contributed by atoms with van der Waals surface area (Å²) in [5.41, 5.74) is 0.672. The van der Waals surface area contributed by atoms with E-state index in [-0.39, 0.29) is 18.9 Å². The van der Waals surface area contributed by atoms with E-state index < -0.39 is 12.1 Å². The summed E-state index contributed by atoms with van der Waals surface area (Å²) in [5.74, 6) is -1.21. The SMILES string of the molecule is FC(F)(F)C1CCCC(Nc2cc(Cl)cc(Cl)c2)C1. The van der Waals surface area contributed by atoms with Crippen LogP contribution < -0.4 is 5.32 Å². The lowest BCUT2D eigenvalue weighted by atomic mass is 9.85.